The van der Waals surface area contributed by atoms with Crippen LogP contribution in [0.5, 0.6) is 0 Å². The highest BCUT2D eigenvalue weighted by Gasteiger charge is 2.32. The van der Waals surface area contributed by atoms with Crippen molar-refractivity contribution in [2.45, 2.75) is 26.1 Å². The van der Waals surface area contributed by atoms with Crippen LogP contribution in [0, 0.1) is 0 Å². The van der Waals surface area contributed by atoms with Crippen LogP contribution >= 0.6 is 11.6 Å². The van der Waals surface area contributed by atoms with E-state index in [0.29, 0.717) is 38.5 Å². The van der Waals surface area contributed by atoms with E-state index in [1.807, 2.05) is 23.6 Å². The summed E-state index contributed by atoms with van der Waals surface area (Å²) in [5, 5.41) is 2.76. The Labute approximate surface area is 143 Å². The molecular formula is C15H20ClF3N4O. The minimum Gasteiger partial charge on any atom is -0.355 e. The molecular weight excluding hydrogens is 345 g/mol. The van der Waals surface area contributed by atoms with Crippen LogP contribution in [0.4, 0.5) is 19.0 Å². The molecule has 134 valence electrons. The monoisotopic (exact) mass is 364 g/mol. The lowest BCUT2D eigenvalue weighted by Crippen LogP contribution is -2.54. The number of nitrogens with one attached hydrogen (secondary N) is 1. The molecule has 5 nitrogen and oxygen atoms in total. The molecule has 1 N–H and O–H groups in total. The first kappa shape index (κ1) is 18.8. The minimum absolute atomic E-state index is 0.0185. The Hall–Kier alpha value is -1.54. The first-order valence-corrected chi connectivity index (χ1v) is 8.11. The summed E-state index contributed by atoms with van der Waals surface area (Å²) in [6, 6.07) is 0.649. The molecule has 2 rings (SSSR count). The van der Waals surface area contributed by atoms with Crippen LogP contribution in [0.2, 0.25) is 5.02 Å². The normalized spacial score (nSPS) is 17.7. The lowest BCUT2D eigenvalue weighted by atomic mass is 10.2. The van der Waals surface area contributed by atoms with E-state index in [2.05, 4.69) is 10.3 Å². The van der Waals surface area contributed by atoms with E-state index in [-0.39, 0.29) is 17.0 Å². The van der Waals surface area contributed by atoms with Gasteiger partial charge in [0.25, 0.3) is 0 Å². The van der Waals surface area contributed by atoms with Gasteiger partial charge in [-0.05, 0) is 19.9 Å². The number of anilines is 1. The van der Waals surface area contributed by atoms with Gasteiger partial charge in [0.1, 0.15) is 5.82 Å². The summed E-state index contributed by atoms with van der Waals surface area (Å²) >= 11 is 5.98. The molecule has 0 saturated carbocycles. The summed E-state index contributed by atoms with van der Waals surface area (Å²) < 4.78 is 38.0. The Morgan fingerprint density at radius 1 is 1.38 bits per heavy atom. The number of carbonyl (C=O) groups is 1. The maximum atomic E-state index is 12.7. The number of piperazine rings is 1. The average molecular weight is 365 g/mol. The van der Waals surface area contributed by atoms with Crippen molar-refractivity contribution in [3.05, 3.63) is 22.8 Å². The highest BCUT2D eigenvalue weighted by Crippen LogP contribution is 2.33. The van der Waals surface area contributed by atoms with Crippen LogP contribution in [0.15, 0.2) is 12.3 Å². The summed E-state index contributed by atoms with van der Waals surface area (Å²) in [6.07, 6.45) is -3.67. The SMILES string of the molecule is CCNC(=O)[C@H](C)N1CCN(c2ncc(C(F)(F)F)cc2Cl)CC1. The van der Waals surface area contributed by atoms with Crippen molar-refractivity contribution in [3.63, 3.8) is 0 Å². The third kappa shape index (κ3) is 4.30. The molecule has 1 aliphatic rings. The van der Waals surface area contributed by atoms with Crippen molar-refractivity contribution in [1.82, 2.24) is 15.2 Å². The molecule has 1 aliphatic heterocycles. The van der Waals surface area contributed by atoms with Crippen molar-refractivity contribution >= 4 is 23.3 Å². The molecule has 1 saturated heterocycles. The van der Waals surface area contributed by atoms with Gasteiger partial charge in [-0.2, -0.15) is 13.2 Å². The second-order valence-electron chi connectivity index (χ2n) is 5.62. The fraction of sp³-hybridized carbons (Fsp3) is 0.600. The first-order valence-electron chi connectivity index (χ1n) is 7.73. The first-order chi connectivity index (χ1) is 11.2. The van der Waals surface area contributed by atoms with E-state index in [4.69, 9.17) is 11.6 Å². The summed E-state index contributed by atoms with van der Waals surface area (Å²) in [7, 11) is 0. The molecule has 0 spiro atoms. The van der Waals surface area contributed by atoms with Gasteiger partial charge in [0.2, 0.25) is 5.91 Å². The van der Waals surface area contributed by atoms with Crippen LogP contribution in [0.1, 0.15) is 19.4 Å². The van der Waals surface area contributed by atoms with Gasteiger partial charge in [-0.25, -0.2) is 4.98 Å². The minimum atomic E-state index is -4.46. The maximum absolute atomic E-state index is 12.7. The number of likely N-dealkylation sites (N-methyl/N-ethyl adjacent to an activating group) is 1. The zero-order valence-electron chi connectivity index (χ0n) is 13.5. The van der Waals surface area contributed by atoms with E-state index < -0.39 is 11.7 Å². The van der Waals surface area contributed by atoms with Crippen LogP contribution in [-0.2, 0) is 11.0 Å². The van der Waals surface area contributed by atoms with Crippen LogP contribution in [-0.4, -0.2) is 54.6 Å². The molecule has 0 unspecified atom stereocenters. The number of carbonyl (C=O) groups excluding carboxylic acids is 1. The average Bonchev–Trinajstić information content (AvgIpc) is 2.53. The number of amides is 1. The van der Waals surface area contributed by atoms with Crippen LogP contribution in [0.25, 0.3) is 0 Å². The number of nitrogens with zero attached hydrogens (tertiary/aromatic N) is 3. The third-order valence-corrected chi connectivity index (χ3v) is 4.32. The lowest BCUT2D eigenvalue weighted by molar-refractivity contribution is -0.137. The molecule has 1 fully saturated rings. The topological polar surface area (TPSA) is 48.5 Å². The summed E-state index contributed by atoms with van der Waals surface area (Å²) in [6.45, 7) is 6.58. The van der Waals surface area contributed by atoms with E-state index in [0.717, 1.165) is 12.3 Å². The fourth-order valence-electron chi connectivity index (χ4n) is 2.63. The summed E-state index contributed by atoms with van der Waals surface area (Å²) in [5.41, 5.74) is -0.861. The summed E-state index contributed by atoms with van der Waals surface area (Å²) in [5.74, 6) is 0.312. The van der Waals surface area contributed by atoms with Gasteiger partial charge in [0, 0.05) is 38.9 Å². The van der Waals surface area contributed by atoms with Gasteiger partial charge in [0.15, 0.2) is 0 Å². The number of hydrogen-bond acceptors (Lipinski definition) is 4. The Morgan fingerprint density at radius 3 is 2.50 bits per heavy atom. The van der Waals surface area contributed by atoms with Gasteiger partial charge in [-0.15, -0.1) is 0 Å². The maximum Gasteiger partial charge on any atom is 0.417 e. The van der Waals surface area contributed by atoms with Gasteiger partial charge in [-0.3, -0.25) is 9.69 Å². The molecule has 1 atom stereocenters. The Morgan fingerprint density at radius 2 is 2.00 bits per heavy atom. The predicted octanol–water partition coefficient (Wildman–Crippen LogP) is 2.40. The Balaban J connectivity index is 2.01. The molecule has 24 heavy (non-hydrogen) atoms. The molecule has 1 aromatic rings. The molecule has 0 aromatic carbocycles. The highest BCUT2D eigenvalue weighted by atomic mass is 35.5. The molecule has 1 amide bonds. The zero-order valence-corrected chi connectivity index (χ0v) is 14.3. The summed E-state index contributed by atoms with van der Waals surface area (Å²) in [4.78, 5) is 19.6. The van der Waals surface area contributed by atoms with Gasteiger partial charge in [0.05, 0.1) is 16.6 Å². The smallest absolute Gasteiger partial charge is 0.355 e. The number of pyridine rings is 1. The highest BCUT2D eigenvalue weighted by molar-refractivity contribution is 6.33. The molecule has 0 radical (unpaired) electrons. The van der Waals surface area contributed by atoms with Crippen molar-refractivity contribution in [2.24, 2.45) is 0 Å². The van der Waals surface area contributed by atoms with Crippen molar-refractivity contribution in [1.29, 1.82) is 0 Å². The van der Waals surface area contributed by atoms with E-state index in [1.165, 1.54) is 0 Å². The second-order valence-corrected chi connectivity index (χ2v) is 6.03. The fourth-order valence-corrected chi connectivity index (χ4v) is 2.91. The quantitative estimate of drug-likeness (QED) is 0.891. The predicted molar refractivity (Wildman–Crippen MR) is 86.2 cm³/mol. The standard InChI is InChI=1S/C15H20ClF3N4O/c1-3-20-14(24)10(2)22-4-6-23(7-5-22)13-12(16)8-11(9-21-13)15(17,18)19/h8-10H,3-7H2,1-2H3,(H,20,24)/t10-/m0/s1. The Kier molecular flexibility index (Phi) is 5.92. The zero-order chi connectivity index (χ0) is 17.9. The van der Waals surface area contributed by atoms with Crippen LogP contribution < -0.4 is 10.2 Å². The Bertz CT molecular complexity index is 589. The van der Waals surface area contributed by atoms with E-state index in [9.17, 15) is 18.0 Å². The van der Waals surface area contributed by atoms with Crippen LogP contribution in [0.3, 0.4) is 0 Å². The molecule has 0 bridgehead atoms. The largest absolute Gasteiger partial charge is 0.417 e. The molecule has 0 aliphatic carbocycles. The number of halogens is 4. The van der Waals surface area contributed by atoms with E-state index in [1.54, 1.807) is 0 Å². The number of aromatic nitrogens is 1. The molecule has 9 heteroatoms. The van der Waals surface area contributed by atoms with Crippen molar-refractivity contribution in [2.75, 3.05) is 37.6 Å². The third-order valence-electron chi connectivity index (χ3n) is 4.04. The van der Waals surface area contributed by atoms with E-state index >= 15 is 0 Å². The molecule has 1 aromatic heterocycles. The number of hydrogen-bond donors (Lipinski definition) is 1. The van der Waals surface area contributed by atoms with Crippen molar-refractivity contribution < 1.29 is 18.0 Å². The number of alkyl halides is 3. The lowest BCUT2D eigenvalue weighted by Gasteiger charge is -2.38. The van der Waals surface area contributed by atoms with Gasteiger partial charge >= 0.3 is 6.18 Å². The number of rotatable bonds is 4. The second kappa shape index (κ2) is 7.57. The van der Waals surface area contributed by atoms with Gasteiger partial charge in [-0.1, -0.05) is 11.6 Å². The van der Waals surface area contributed by atoms with Crippen molar-refractivity contribution in [3.8, 4) is 0 Å². The molecule has 2 heterocycles. The van der Waals surface area contributed by atoms with Gasteiger partial charge < -0.3 is 10.2 Å².